The predicted molar refractivity (Wildman–Crippen MR) is 80.8 cm³/mol. The predicted octanol–water partition coefficient (Wildman–Crippen LogP) is 1.84. The van der Waals surface area contributed by atoms with Crippen molar-refractivity contribution in [2.45, 2.75) is 29.4 Å². The number of thioether (sulfide) groups is 1. The van der Waals surface area contributed by atoms with Crippen LogP contribution in [0.2, 0.25) is 0 Å². The van der Waals surface area contributed by atoms with Gasteiger partial charge in [0.25, 0.3) is 0 Å². The lowest BCUT2D eigenvalue weighted by Crippen LogP contribution is -1.97. The van der Waals surface area contributed by atoms with Gasteiger partial charge in [0.2, 0.25) is 5.65 Å². The Bertz CT molecular complexity index is 802. The Labute approximate surface area is 125 Å². The molecular formula is C13H15N7S. The summed E-state index contributed by atoms with van der Waals surface area (Å²) in [7, 11) is 1.99. The number of nitrogen functional groups attached to an aromatic ring is 1. The standard InChI is InChI=1S/C13H15N7S/c1-20-8(4-9(18-20)7-2-3-7)6-21-10-5-11(14)15-13-12(10)16-19-17-13/h4-5,7H,2-3,6H2,1H3,(H3,14,15,16,17,19). The first-order valence-corrected chi connectivity index (χ1v) is 7.82. The fourth-order valence-electron chi connectivity index (χ4n) is 2.33. The Morgan fingerprint density at radius 3 is 3.05 bits per heavy atom. The Balaban J connectivity index is 1.59. The van der Waals surface area contributed by atoms with Gasteiger partial charge in [0.05, 0.1) is 5.69 Å². The van der Waals surface area contributed by atoms with Crippen molar-refractivity contribution in [3.63, 3.8) is 0 Å². The van der Waals surface area contributed by atoms with Gasteiger partial charge in [-0.15, -0.1) is 16.9 Å². The highest BCUT2D eigenvalue weighted by Crippen LogP contribution is 2.40. The Kier molecular flexibility index (Phi) is 2.85. The number of rotatable bonds is 4. The minimum atomic E-state index is 0.461. The van der Waals surface area contributed by atoms with Crippen molar-refractivity contribution in [2.75, 3.05) is 5.73 Å². The lowest BCUT2D eigenvalue weighted by molar-refractivity contribution is 0.718. The smallest absolute Gasteiger partial charge is 0.204 e. The van der Waals surface area contributed by atoms with Gasteiger partial charge in [-0.3, -0.25) is 4.68 Å². The van der Waals surface area contributed by atoms with Crippen LogP contribution in [0.4, 0.5) is 5.82 Å². The fourth-order valence-corrected chi connectivity index (χ4v) is 3.38. The zero-order valence-electron chi connectivity index (χ0n) is 11.6. The van der Waals surface area contributed by atoms with E-state index in [0.717, 1.165) is 16.2 Å². The molecule has 1 fully saturated rings. The first kappa shape index (κ1) is 12.6. The van der Waals surface area contributed by atoms with Gasteiger partial charge in [0.1, 0.15) is 11.3 Å². The maximum absolute atomic E-state index is 5.81. The van der Waals surface area contributed by atoms with Crippen molar-refractivity contribution in [1.29, 1.82) is 0 Å². The Morgan fingerprint density at radius 1 is 1.38 bits per heavy atom. The van der Waals surface area contributed by atoms with Crippen LogP contribution in [-0.2, 0) is 12.8 Å². The van der Waals surface area contributed by atoms with Gasteiger partial charge in [0.15, 0.2) is 0 Å². The molecule has 21 heavy (non-hydrogen) atoms. The van der Waals surface area contributed by atoms with E-state index in [0.29, 0.717) is 17.4 Å². The first-order chi connectivity index (χ1) is 10.2. The zero-order valence-corrected chi connectivity index (χ0v) is 12.4. The molecule has 0 atom stereocenters. The summed E-state index contributed by atoms with van der Waals surface area (Å²) in [5.74, 6) is 1.96. The number of nitrogens with one attached hydrogen (secondary N) is 1. The number of anilines is 1. The Morgan fingerprint density at radius 2 is 2.24 bits per heavy atom. The molecule has 3 heterocycles. The van der Waals surface area contributed by atoms with E-state index in [-0.39, 0.29) is 0 Å². The summed E-state index contributed by atoms with van der Waals surface area (Å²) in [6, 6.07) is 4.04. The second-order valence-corrected chi connectivity index (χ2v) is 6.31. The van der Waals surface area contributed by atoms with Crippen molar-refractivity contribution < 1.29 is 0 Å². The van der Waals surface area contributed by atoms with Crippen LogP contribution < -0.4 is 5.73 Å². The highest BCUT2D eigenvalue weighted by Gasteiger charge is 2.26. The molecule has 0 aliphatic heterocycles. The van der Waals surface area contributed by atoms with E-state index >= 15 is 0 Å². The number of aromatic nitrogens is 6. The Hall–Kier alpha value is -2.09. The molecule has 108 valence electrons. The van der Waals surface area contributed by atoms with Crippen LogP contribution in [0.5, 0.6) is 0 Å². The number of hydrogen-bond acceptors (Lipinski definition) is 6. The van der Waals surface area contributed by atoms with E-state index in [4.69, 9.17) is 5.73 Å². The SMILES string of the molecule is Cn1nc(C2CC2)cc1CSc1cc(N)nc2n[nH]nc12. The average molecular weight is 301 g/mol. The number of pyridine rings is 1. The summed E-state index contributed by atoms with van der Waals surface area (Å²) in [6.45, 7) is 0. The summed E-state index contributed by atoms with van der Waals surface area (Å²) in [5, 5.41) is 15.3. The molecule has 0 aromatic carbocycles. The molecule has 1 saturated carbocycles. The minimum Gasteiger partial charge on any atom is -0.384 e. The molecule has 3 N–H and O–H groups in total. The molecule has 3 aromatic rings. The van der Waals surface area contributed by atoms with Crippen LogP contribution >= 0.6 is 11.8 Å². The number of hydrogen-bond donors (Lipinski definition) is 2. The van der Waals surface area contributed by atoms with Crippen LogP contribution in [0.1, 0.15) is 30.1 Å². The molecule has 7 nitrogen and oxygen atoms in total. The van der Waals surface area contributed by atoms with Gasteiger partial charge < -0.3 is 5.73 Å². The third-order valence-electron chi connectivity index (χ3n) is 3.64. The molecule has 1 aliphatic carbocycles. The van der Waals surface area contributed by atoms with Crippen LogP contribution in [0.15, 0.2) is 17.0 Å². The lowest BCUT2D eigenvalue weighted by Gasteiger charge is -2.03. The highest BCUT2D eigenvalue weighted by atomic mass is 32.2. The number of nitrogens with zero attached hydrogens (tertiary/aromatic N) is 5. The summed E-state index contributed by atoms with van der Waals surface area (Å²) < 4.78 is 1.96. The molecule has 8 heteroatoms. The van der Waals surface area contributed by atoms with Crippen molar-refractivity contribution in [3.8, 4) is 0 Å². The molecule has 3 aromatic heterocycles. The van der Waals surface area contributed by atoms with E-state index in [9.17, 15) is 0 Å². The second-order valence-electron chi connectivity index (χ2n) is 5.29. The van der Waals surface area contributed by atoms with Gasteiger partial charge in [-0.25, -0.2) is 4.98 Å². The summed E-state index contributed by atoms with van der Waals surface area (Å²) in [4.78, 5) is 5.13. The van der Waals surface area contributed by atoms with E-state index in [1.165, 1.54) is 24.2 Å². The third kappa shape index (κ3) is 2.35. The lowest BCUT2D eigenvalue weighted by atomic mass is 10.3. The summed E-state index contributed by atoms with van der Waals surface area (Å²) in [5.41, 5.74) is 9.55. The molecule has 1 aliphatic rings. The first-order valence-electron chi connectivity index (χ1n) is 6.83. The topological polar surface area (TPSA) is 98.3 Å². The van der Waals surface area contributed by atoms with E-state index in [1.807, 2.05) is 17.8 Å². The summed E-state index contributed by atoms with van der Waals surface area (Å²) in [6.07, 6.45) is 2.54. The molecule has 0 saturated heterocycles. The number of fused-ring (bicyclic) bond motifs is 1. The van der Waals surface area contributed by atoms with Gasteiger partial charge in [-0.05, 0) is 25.0 Å². The van der Waals surface area contributed by atoms with Gasteiger partial charge in [-0.1, -0.05) is 0 Å². The molecular weight excluding hydrogens is 286 g/mol. The minimum absolute atomic E-state index is 0.461. The van der Waals surface area contributed by atoms with E-state index in [2.05, 4.69) is 31.6 Å². The van der Waals surface area contributed by atoms with Gasteiger partial charge in [-0.2, -0.15) is 15.4 Å². The van der Waals surface area contributed by atoms with Crippen molar-refractivity contribution >= 4 is 28.7 Å². The molecule has 0 amide bonds. The molecule has 0 unspecified atom stereocenters. The summed E-state index contributed by atoms with van der Waals surface area (Å²) >= 11 is 1.68. The average Bonchev–Trinajstić information content (AvgIpc) is 3.09. The number of H-pyrrole nitrogens is 1. The number of nitrogens with two attached hydrogens (primary N) is 1. The maximum Gasteiger partial charge on any atom is 0.204 e. The van der Waals surface area contributed by atoms with Crippen LogP contribution in [0.3, 0.4) is 0 Å². The fraction of sp³-hybridized carbons (Fsp3) is 0.385. The number of aromatic amines is 1. The molecule has 0 spiro atoms. The zero-order chi connectivity index (χ0) is 14.4. The largest absolute Gasteiger partial charge is 0.384 e. The normalized spacial score (nSPS) is 14.9. The monoisotopic (exact) mass is 301 g/mol. The molecule has 0 bridgehead atoms. The van der Waals surface area contributed by atoms with E-state index < -0.39 is 0 Å². The van der Waals surface area contributed by atoms with Gasteiger partial charge >= 0.3 is 0 Å². The maximum atomic E-state index is 5.81. The second kappa shape index (κ2) is 4.73. The number of aryl methyl sites for hydroxylation is 1. The van der Waals surface area contributed by atoms with Crippen LogP contribution in [0, 0.1) is 0 Å². The van der Waals surface area contributed by atoms with Crippen molar-refractivity contribution in [1.82, 2.24) is 30.2 Å². The van der Waals surface area contributed by atoms with Crippen molar-refractivity contribution in [2.24, 2.45) is 7.05 Å². The van der Waals surface area contributed by atoms with Crippen LogP contribution in [0.25, 0.3) is 11.2 Å². The molecule has 0 radical (unpaired) electrons. The quantitative estimate of drug-likeness (QED) is 0.713. The van der Waals surface area contributed by atoms with Crippen molar-refractivity contribution in [3.05, 3.63) is 23.5 Å². The molecule has 4 rings (SSSR count). The van der Waals surface area contributed by atoms with Crippen LogP contribution in [-0.4, -0.2) is 30.2 Å². The third-order valence-corrected chi connectivity index (χ3v) is 4.71. The van der Waals surface area contributed by atoms with E-state index in [1.54, 1.807) is 11.8 Å². The highest BCUT2D eigenvalue weighted by molar-refractivity contribution is 7.98. The van der Waals surface area contributed by atoms with Gasteiger partial charge in [0, 0.05) is 29.3 Å².